The number of ether oxygens (including phenoxy) is 7. The molecule has 21 nitrogen and oxygen atoms in total. The zero-order chi connectivity index (χ0) is 50.3. The highest BCUT2D eigenvalue weighted by molar-refractivity contribution is 5.91. The molecular weight excluding hydrogens is 917 g/mol. The van der Waals surface area contributed by atoms with Gasteiger partial charge in [-0.3, -0.25) is 19.2 Å². The number of carboxylic acids is 1. The number of carbonyl (C=O) groups excluding carboxylic acids is 7. The largest absolute Gasteiger partial charge is 0.481 e. The van der Waals surface area contributed by atoms with Crippen molar-refractivity contribution in [1.29, 1.82) is 0 Å². The molecule has 5 atom stereocenters. The molecule has 0 bridgehead atoms. The fourth-order valence-corrected chi connectivity index (χ4v) is 7.45. The molecule has 0 aromatic heterocycles. The Morgan fingerprint density at radius 2 is 1.27 bits per heavy atom. The van der Waals surface area contributed by atoms with Crippen molar-refractivity contribution >= 4 is 47.7 Å². The molecule has 5 unspecified atom stereocenters. The molecule has 70 heavy (non-hydrogen) atoms. The fourth-order valence-electron chi connectivity index (χ4n) is 7.45. The Balaban J connectivity index is 1.07. The summed E-state index contributed by atoms with van der Waals surface area (Å²) in [4.78, 5) is 102. The maximum absolute atomic E-state index is 13.6. The van der Waals surface area contributed by atoms with Gasteiger partial charge in [-0.1, -0.05) is 61.0 Å². The first-order chi connectivity index (χ1) is 33.8. The third kappa shape index (κ3) is 17.2. The smallest absolute Gasteiger partial charge is 0.338 e. The standard InChI is InChI=1S/C49H60N4O17/c1-33(55)52-41-43(70-46(62)36-18-10-4-11-19-36)42(69-45(61)35-16-8-3-9-17-35)37(28-66-44(60)34-14-6-2-7-15-34)68-47(41)65-27-26-64-25-24-51-48(63)50-23-13-5-12-20-38(56)53-29-49(30-53,31-54)32-67-40(59)22-21-39(57)58/h2-4,6-11,14-19,37,41-43,47,54H,5,12-13,20-32H2,1H3,(H,52,55)(H,57,58)(H2,50,51,63). The van der Waals surface area contributed by atoms with E-state index in [1.807, 2.05) is 0 Å². The second-order valence-corrected chi connectivity index (χ2v) is 16.6. The highest BCUT2D eigenvalue weighted by atomic mass is 16.7. The van der Waals surface area contributed by atoms with Gasteiger partial charge in [-0.05, 0) is 49.2 Å². The summed E-state index contributed by atoms with van der Waals surface area (Å²) >= 11 is 0. The van der Waals surface area contributed by atoms with Crippen molar-refractivity contribution in [3.8, 4) is 0 Å². The Labute approximate surface area is 404 Å². The van der Waals surface area contributed by atoms with Crippen LogP contribution in [0.5, 0.6) is 0 Å². The number of urea groups is 1. The van der Waals surface area contributed by atoms with Crippen LogP contribution >= 0.6 is 0 Å². The molecule has 3 aromatic carbocycles. The van der Waals surface area contributed by atoms with E-state index in [1.54, 1.807) is 71.6 Å². The maximum Gasteiger partial charge on any atom is 0.338 e. The highest BCUT2D eigenvalue weighted by Gasteiger charge is 2.52. The molecule has 2 aliphatic heterocycles. The van der Waals surface area contributed by atoms with E-state index < -0.39 is 84.5 Å². The number of hydrogen-bond donors (Lipinski definition) is 5. The number of aliphatic hydroxyl groups is 1. The van der Waals surface area contributed by atoms with Gasteiger partial charge in [0.2, 0.25) is 11.8 Å². The second kappa shape index (κ2) is 27.9. The first kappa shape index (κ1) is 54.0. The summed E-state index contributed by atoms with van der Waals surface area (Å²) in [5.74, 6) is -4.75. The number of nitrogens with zero attached hydrogens (tertiary/aromatic N) is 1. The molecule has 2 saturated heterocycles. The lowest BCUT2D eigenvalue weighted by Gasteiger charge is -2.48. The van der Waals surface area contributed by atoms with Gasteiger partial charge in [0.05, 0.1) is 61.4 Å². The number of benzene rings is 3. The maximum atomic E-state index is 13.6. The molecule has 0 spiro atoms. The zero-order valence-corrected chi connectivity index (χ0v) is 38.8. The third-order valence-corrected chi connectivity index (χ3v) is 11.1. The number of rotatable bonds is 27. The van der Waals surface area contributed by atoms with E-state index in [2.05, 4.69) is 16.0 Å². The summed E-state index contributed by atoms with van der Waals surface area (Å²) in [7, 11) is 0. The Morgan fingerprint density at radius 3 is 1.86 bits per heavy atom. The molecule has 4 amide bonds. The fraction of sp³-hybridized carbons (Fsp3) is 0.469. The molecule has 2 aliphatic rings. The van der Waals surface area contributed by atoms with Crippen LogP contribution in [-0.2, 0) is 52.3 Å². The molecule has 378 valence electrons. The number of likely N-dealkylation sites (tertiary alicyclic amines) is 1. The van der Waals surface area contributed by atoms with Gasteiger partial charge in [0.1, 0.15) is 25.4 Å². The minimum atomic E-state index is -1.43. The first-order valence-electron chi connectivity index (χ1n) is 22.9. The topological polar surface area (TPSA) is 281 Å². The van der Waals surface area contributed by atoms with Crippen LogP contribution in [0, 0.1) is 5.41 Å². The lowest BCUT2D eigenvalue weighted by atomic mass is 9.81. The van der Waals surface area contributed by atoms with Crippen molar-refractivity contribution in [2.75, 3.05) is 65.8 Å². The van der Waals surface area contributed by atoms with Crippen molar-refractivity contribution in [1.82, 2.24) is 20.9 Å². The first-order valence-corrected chi connectivity index (χ1v) is 22.9. The van der Waals surface area contributed by atoms with Crippen molar-refractivity contribution in [2.24, 2.45) is 5.41 Å². The summed E-state index contributed by atoms with van der Waals surface area (Å²) in [5, 5.41) is 26.7. The molecule has 0 aliphatic carbocycles. The summed E-state index contributed by atoms with van der Waals surface area (Å²) in [6.45, 7) is 1.27. The molecule has 3 aromatic rings. The summed E-state index contributed by atoms with van der Waals surface area (Å²) in [6, 6.07) is 22.6. The van der Waals surface area contributed by atoms with Crippen molar-refractivity contribution in [2.45, 2.75) is 76.1 Å². The summed E-state index contributed by atoms with van der Waals surface area (Å²) in [5.41, 5.74) is -0.177. The van der Waals surface area contributed by atoms with E-state index in [1.165, 1.54) is 31.2 Å². The van der Waals surface area contributed by atoms with Crippen LogP contribution in [0.1, 0.15) is 76.5 Å². The molecule has 0 radical (unpaired) electrons. The quantitative estimate of drug-likeness (QED) is 0.0417. The van der Waals surface area contributed by atoms with Crippen LogP contribution in [0.3, 0.4) is 0 Å². The number of nitrogens with one attached hydrogen (secondary N) is 3. The predicted molar refractivity (Wildman–Crippen MR) is 245 cm³/mol. The number of carboxylic acid groups (broad SMARTS) is 1. The van der Waals surface area contributed by atoms with Crippen LogP contribution in [0.15, 0.2) is 91.0 Å². The molecule has 5 N–H and O–H groups in total. The lowest BCUT2D eigenvalue weighted by molar-refractivity contribution is -0.270. The van der Waals surface area contributed by atoms with Crippen LogP contribution in [0.2, 0.25) is 0 Å². The van der Waals surface area contributed by atoms with E-state index in [4.69, 9.17) is 38.3 Å². The minimum absolute atomic E-state index is 0.0102. The molecule has 21 heteroatoms. The minimum Gasteiger partial charge on any atom is -0.481 e. The van der Waals surface area contributed by atoms with Crippen molar-refractivity contribution < 1.29 is 81.7 Å². The van der Waals surface area contributed by atoms with E-state index in [0.29, 0.717) is 25.8 Å². The number of esters is 4. The normalized spacial score (nSPS) is 19.1. The number of amides is 4. The number of unbranched alkanes of at least 4 members (excludes halogenated alkanes) is 2. The third-order valence-electron chi connectivity index (χ3n) is 11.1. The van der Waals surface area contributed by atoms with E-state index in [9.17, 15) is 43.5 Å². The van der Waals surface area contributed by atoms with Crippen LogP contribution in [0.25, 0.3) is 0 Å². The van der Waals surface area contributed by atoms with E-state index >= 15 is 0 Å². The monoisotopic (exact) mass is 976 g/mol. The van der Waals surface area contributed by atoms with Gasteiger partial charge in [0, 0.05) is 39.5 Å². The van der Waals surface area contributed by atoms with Gasteiger partial charge in [-0.25, -0.2) is 19.2 Å². The number of hydrogen-bond acceptors (Lipinski definition) is 16. The molecule has 2 heterocycles. The second-order valence-electron chi connectivity index (χ2n) is 16.6. The molecule has 2 fully saturated rings. The Hall–Kier alpha value is -6.94. The number of carbonyl (C=O) groups is 8. The van der Waals surface area contributed by atoms with Gasteiger partial charge in [0.25, 0.3) is 0 Å². The average Bonchev–Trinajstić information content (AvgIpc) is 3.35. The van der Waals surface area contributed by atoms with Gasteiger partial charge in [-0.2, -0.15) is 0 Å². The van der Waals surface area contributed by atoms with Crippen LogP contribution in [0.4, 0.5) is 4.79 Å². The van der Waals surface area contributed by atoms with Gasteiger partial charge < -0.3 is 64.2 Å². The highest BCUT2D eigenvalue weighted by Crippen LogP contribution is 2.32. The zero-order valence-electron chi connectivity index (χ0n) is 38.8. The van der Waals surface area contributed by atoms with Crippen LogP contribution in [-0.4, -0.2) is 159 Å². The SMILES string of the molecule is CC(=O)NC1C(OCCOCCNC(=O)NCCCCCC(=O)N2CC(CO)(COC(=O)CCC(=O)O)C2)OC(COC(=O)c2ccccc2)C(OC(=O)c2ccccc2)C1OC(=O)c1ccccc1. The van der Waals surface area contributed by atoms with Crippen molar-refractivity contribution in [3.05, 3.63) is 108 Å². The Bertz CT molecular complexity index is 2190. The van der Waals surface area contributed by atoms with Gasteiger partial charge in [-0.15, -0.1) is 0 Å². The Morgan fingerprint density at radius 1 is 0.686 bits per heavy atom. The summed E-state index contributed by atoms with van der Waals surface area (Å²) in [6.07, 6.45) is -3.99. The summed E-state index contributed by atoms with van der Waals surface area (Å²) < 4.78 is 40.8. The Kier molecular flexibility index (Phi) is 21.5. The lowest BCUT2D eigenvalue weighted by Crippen LogP contribution is -2.66. The molecular formula is C49H60N4O17. The van der Waals surface area contributed by atoms with E-state index in [-0.39, 0.29) is 94.5 Å². The average molecular weight is 977 g/mol. The molecule has 0 saturated carbocycles. The van der Waals surface area contributed by atoms with Gasteiger partial charge in [0.15, 0.2) is 18.5 Å². The predicted octanol–water partition coefficient (Wildman–Crippen LogP) is 2.65. The number of aliphatic carboxylic acids is 1. The number of aliphatic hydroxyl groups excluding tert-OH is 1. The van der Waals surface area contributed by atoms with E-state index in [0.717, 1.165) is 0 Å². The van der Waals surface area contributed by atoms with Crippen molar-refractivity contribution in [3.63, 3.8) is 0 Å². The van der Waals surface area contributed by atoms with Gasteiger partial charge >= 0.3 is 35.9 Å². The van der Waals surface area contributed by atoms with Crippen LogP contribution < -0.4 is 16.0 Å². The molecule has 5 rings (SSSR count).